The molecule has 0 atom stereocenters. The molecule has 104 valence electrons. The molecule has 0 saturated heterocycles. The molecule has 0 saturated carbocycles. The van der Waals surface area contributed by atoms with Gasteiger partial charge in [-0.3, -0.25) is 4.79 Å². The van der Waals surface area contributed by atoms with E-state index in [9.17, 15) is 4.79 Å². The number of carbonyl (C=O) groups is 1. The van der Waals surface area contributed by atoms with E-state index >= 15 is 0 Å². The summed E-state index contributed by atoms with van der Waals surface area (Å²) >= 11 is 0. The third-order valence-electron chi connectivity index (χ3n) is 2.72. The number of nitrogens with one attached hydrogen (secondary N) is 1. The van der Waals surface area contributed by atoms with E-state index in [4.69, 9.17) is 9.84 Å². The van der Waals surface area contributed by atoms with Crippen LogP contribution in [0.1, 0.15) is 25.8 Å². The number of ether oxygens (including phenoxy) is 1. The zero-order valence-corrected chi connectivity index (χ0v) is 11.6. The first-order valence-corrected chi connectivity index (χ1v) is 6.22. The summed E-state index contributed by atoms with van der Waals surface area (Å²) in [6.45, 7) is 3.80. The number of aliphatic hydroxyl groups is 1. The second-order valence-corrected chi connectivity index (χ2v) is 4.96. The van der Waals surface area contributed by atoms with E-state index in [1.165, 1.54) is 6.08 Å². The van der Waals surface area contributed by atoms with Crippen LogP contribution in [0.5, 0.6) is 5.75 Å². The number of methoxy groups -OCH3 is 1. The summed E-state index contributed by atoms with van der Waals surface area (Å²) in [6, 6.07) is 7.46. The lowest BCUT2D eigenvalue weighted by atomic mass is 10.0. The molecule has 1 aromatic carbocycles. The van der Waals surface area contributed by atoms with Gasteiger partial charge < -0.3 is 15.2 Å². The Bertz CT molecular complexity index is 452. The van der Waals surface area contributed by atoms with Gasteiger partial charge in [-0.25, -0.2) is 0 Å². The maximum atomic E-state index is 11.8. The highest BCUT2D eigenvalue weighted by Crippen LogP contribution is 2.13. The molecule has 1 amide bonds. The fourth-order valence-corrected chi connectivity index (χ4v) is 1.63. The molecular formula is C15H21NO3. The van der Waals surface area contributed by atoms with Crippen molar-refractivity contribution in [2.24, 2.45) is 0 Å². The van der Waals surface area contributed by atoms with Crippen LogP contribution in [-0.2, 0) is 4.79 Å². The van der Waals surface area contributed by atoms with Gasteiger partial charge in [0.15, 0.2) is 0 Å². The van der Waals surface area contributed by atoms with Gasteiger partial charge in [-0.05, 0) is 44.0 Å². The van der Waals surface area contributed by atoms with Crippen LogP contribution in [0.2, 0.25) is 0 Å². The van der Waals surface area contributed by atoms with Crippen LogP contribution in [0.3, 0.4) is 0 Å². The van der Waals surface area contributed by atoms with Crippen molar-refractivity contribution in [1.29, 1.82) is 0 Å². The van der Waals surface area contributed by atoms with E-state index in [1.54, 1.807) is 13.2 Å². The first-order chi connectivity index (χ1) is 8.96. The van der Waals surface area contributed by atoms with Gasteiger partial charge >= 0.3 is 0 Å². The number of amides is 1. The predicted molar refractivity (Wildman–Crippen MR) is 76.0 cm³/mol. The van der Waals surface area contributed by atoms with Crippen molar-refractivity contribution in [2.75, 3.05) is 13.7 Å². The highest BCUT2D eigenvalue weighted by molar-refractivity contribution is 5.92. The highest BCUT2D eigenvalue weighted by Gasteiger charge is 2.17. The molecule has 0 aromatic heterocycles. The zero-order chi connectivity index (χ0) is 14.3. The molecule has 0 aliphatic carbocycles. The van der Waals surface area contributed by atoms with Crippen LogP contribution in [0.15, 0.2) is 30.3 Å². The molecule has 0 spiro atoms. The van der Waals surface area contributed by atoms with Crippen molar-refractivity contribution >= 4 is 12.0 Å². The van der Waals surface area contributed by atoms with Crippen molar-refractivity contribution in [1.82, 2.24) is 5.32 Å². The van der Waals surface area contributed by atoms with Crippen molar-refractivity contribution < 1.29 is 14.6 Å². The summed E-state index contributed by atoms with van der Waals surface area (Å²) in [7, 11) is 1.60. The number of hydrogen-bond acceptors (Lipinski definition) is 3. The fraction of sp³-hybridized carbons (Fsp3) is 0.400. The second-order valence-electron chi connectivity index (χ2n) is 4.96. The van der Waals surface area contributed by atoms with Crippen LogP contribution in [0, 0.1) is 0 Å². The van der Waals surface area contributed by atoms with Gasteiger partial charge in [-0.15, -0.1) is 0 Å². The van der Waals surface area contributed by atoms with E-state index in [2.05, 4.69) is 5.32 Å². The summed E-state index contributed by atoms with van der Waals surface area (Å²) in [5.74, 6) is 0.574. The monoisotopic (exact) mass is 263 g/mol. The van der Waals surface area contributed by atoms with Crippen molar-refractivity contribution in [3.8, 4) is 5.75 Å². The first kappa shape index (κ1) is 15.2. The van der Waals surface area contributed by atoms with Crippen molar-refractivity contribution in [3.63, 3.8) is 0 Å². The minimum absolute atomic E-state index is 0.0485. The lowest BCUT2D eigenvalue weighted by molar-refractivity contribution is -0.118. The van der Waals surface area contributed by atoms with Gasteiger partial charge in [-0.1, -0.05) is 12.1 Å². The van der Waals surface area contributed by atoms with Crippen LogP contribution in [-0.4, -0.2) is 30.3 Å². The largest absolute Gasteiger partial charge is 0.497 e. The predicted octanol–water partition coefficient (Wildman–Crippen LogP) is 1.99. The van der Waals surface area contributed by atoms with E-state index in [0.717, 1.165) is 11.3 Å². The third-order valence-corrected chi connectivity index (χ3v) is 2.72. The Kier molecular flexibility index (Phi) is 5.57. The summed E-state index contributed by atoms with van der Waals surface area (Å²) in [5, 5.41) is 11.7. The summed E-state index contributed by atoms with van der Waals surface area (Å²) < 4.78 is 5.11. The minimum atomic E-state index is -0.412. The Morgan fingerprint density at radius 2 is 2.21 bits per heavy atom. The molecule has 1 rings (SSSR count). The SMILES string of the molecule is COc1cccc(/C=C/C(=O)NC(C)(C)CCO)c1. The highest BCUT2D eigenvalue weighted by atomic mass is 16.5. The molecule has 1 aromatic rings. The van der Waals surface area contributed by atoms with Crippen LogP contribution < -0.4 is 10.1 Å². The molecule has 2 N–H and O–H groups in total. The maximum Gasteiger partial charge on any atom is 0.244 e. The first-order valence-electron chi connectivity index (χ1n) is 6.22. The van der Waals surface area contributed by atoms with Gasteiger partial charge in [0, 0.05) is 18.2 Å². The molecule has 0 fully saturated rings. The summed E-state index contributed by atoms with van der Waals surface area (Å²) in [4.78, 5) is 11.8. The third kappa shape index (κ3) is 5.57. The maximum absolute atomic E-state index is 11.8. The average Bonchev–Trinajstić information content (AvgIpc) is 2.36. The number of benzene rings is 1. The van der Waals surface area contributed by atoms with E-state index < -0.39 is 5.54 Å². The average molecular weight is 263 g/mol. The number of hydrogen-bond donors (Lipinski definition) is 2. The Morgan fingerprint density at radius 1 is 1.47 bits per heavy atom. The molecule has 4 heteroatoms. The smallest absolute Gasteiger partial charge is 0.244 e. The van der Waals surface area contributed by atoms with Gasteiger partial charge in [0.2, 0.25) is 5.91 Å². The normalized spacial score (nSPS) is 11.6. The van der Waals surface area contributed by atoms with Gasteiger partial charge in [0.25, 0.3) is 0 Å². The lowest BCUT2D eigenvalue weighted by Gasteiger charge is -2.24. The van der Waals surface area contributed by atoms with Gasteiger partial charge in [0.1, 0.15) is 5.75 Å². The second kappa shape index (κ2) is 6.95. The van der Waals surface area contributed by atoms with Gasteiger partial charge in [-0.2, -0.15) is 0 Å². The Hall–Kier alpha value is -1.81. The molecule has 0 aliphatic heterocycles. The van der Waals surface area contributed by atoms with Crippen LogP contribution >= 0.6 is 0 Å². The topological polar surface area (TPSA) is 58.6 Å². The van der Waals surface area contributed by atoms with E-state index in [1.807, 2.05) is 38.1 Å². The lowest BCUT2D eigenvalue weighted by Crippen LogP contribution is -2.43. The molecule has 4 nitrogen and oxygen atoms in total. The van der Waals surface area contributed by atoms with Crippen molar-refractivity contribution in [3.05, 3.63) is 35.9 Å². The quantitative estimate of drug-likeness (QED) is 0.772. The Balaban J connectivity index is 2.63. The molecule has 19 heavy (non-hydrogen) atoms. The fourth-order valence-electron chi connectivity index (χ4n) is 1.63. The van der Waals surface area contributed by atoms with Crippen LogP contribution in [0.25, 0.3) is 6.08 Å². The van der Waals surface area contributed by atoms with Gasteiger partial charge in [0.05, 0.1) is 7.11 Å². The summed E-state index contributed by atoms with van der Waals surface area (Å²) in [6.07, 6.45) is 3.73. The number of aliphatic hydroxyl groups excluding tert-OH is 1. The number of carbonyl (C=O) groups excluding carboxylic acids is 1. The summed E-state index contributed by atoms with van der Waals surface area (Å²) in [5.41, 5.74) is 0.486. The van der Waals surface area contributed by atoms with Crippen LogP contribution in [0.4, 0.5) is 0 Å². The van der Waals surface area contributed by atoms with E-state index in [-0.39, 0.29) is 12.5 Å². The molecule has 0 aliphatic rings. The molecule has 0 unspecified atom stereocenters. The standard InChI is InChI=1S/C15H21NO3/c1-15(2,9-10-17)16-14(18)8-7-12-5-4-6-13(11-12)19-3/h4-8,11,17H,9-10H2,1-3H3,(H,16,18)/b8-7+. The minimum Gasteiger partial charge on any atom is -0.497 e. The molecule has 0 bridgehead atoms. The van der Waals surface area contributed by atoms with E-state index in [0.29, 0.717) is 6.42 Å². The molecular weight excluding hydrogens is 242 g/mol. The zero-order valence-electron chi connectivity index (χ0n) is 11.6. The van der Waals surface area contributed by atoms with Crippen molar-refractivity contribution in [2.45, 2.75) is 25.8 Å². The Labute approximate surface area is 114 Å². The molecule has 0 heterocycles. The molecule has 0 radical (unpaired) electrons. The number of rotatable bonds is 6. The Morgan fingerprint density at radius 3 is 2.84 bits per heavy atom.